The number of carbonyl (C=O) groups is 1. The van der Waals surface area contributed by atoms with Crippen molar-refractivity contribution in [1.82, 2.24) is 24.2 Å². The molecule has 178 valence electrons. The third-order valence-corrected chi connectivity index (χ3v) is 6.32. The number of fused-ring (bicyclic) bond motifs is 7. The minimum absolute atomic E-state index is 0.0488. The molecular formula is C19H18N6O8S. The molecule has 1 fully saturated rings. The van der Waals surface area contributed by atoms with Crippen LogP contribution in [0.4, 0.5) is 5.82 Å². The Hall–Kier alpha value is -3.63. The maximum atomic E-state index is 12.7. The van der Waals surface area contributed by atoms with E-state index in [0.717, 1.165) is 0 Å². The van der Waals surface area contributed by atoms with E-state index in [0.29, 0.717) is 0 Å². The topological polar surface area (TPSA) is 212 Å². The second-order valence-electron chi connectivity index (χ2n) is 7.56. The van der Waals surface area contributed by atoms with E-state index in [1.807, 2.05) is 0 Å². The van der Waals surface area contributed by atoms with Gasteiger partial charge in [0.1, 0.15) is 36.2 Å². The highest BCUT2D eigenvalue weighted by atomic mass is 32.2. The molecule has 1 aromatic carbocycles. The van der Waals surface area contributed by atoms with Crippen LogP contribution in [0.3, 0.4) is 0 Å². The third-order valence-electron chi connectivity index (χ3n) is 5.44. The zero-order valence-corrected chi connectivity index (χ0v) is 18.0. The minimum atomic E-state index is -4.66. The van der Waals surface area contributed by atoms with E-state index in [2.05, 4.69) is 15.0 Å². The van der Waals surface area contributed by atoms with Crippen molar-refractivity contribution in [3.8, 4) is 5.75 Å². The molecule has 6 N–H and O–H groups in total. The molecule has 1 saturated heterocycles. The fourth-order valence-electron chi connectivity index (χ4n) is 3.85. The van der Waals surface area contributed by atoms with Crippen LogP contribution in [0.1, 0.15) is 28.0 Å². The van der Waals surface area contributed by atoms with E-state index >= 15 is 0 Å². The number of nitrogens with two attached hydrogens (primary N) is 1. The number of nitrogens with one attached hydrogen (secondary N) is 1. The van der Waals surface area contributed by atoms with Crippen molar-refractivity contribution >= 4 is 45.3 Å². The summed E-state index contributed by atoms with van der Waals surface area (Å²) in [6.45, 7) is -0.722. The Balaban J connectivity index is 1.74. The molecule has 1 amide bonds. The monoisotopic (exact) mass is 490 g/mol. The van der Waals surface area contributed by atoms with Gasteiger partial charge in [0.15, 0.2) is 23.2 Å². The van der Waals surface area contributed by atoms with Crippen LogP contribution in [0.15, 0.2) is 24.5 Å². The lowest BCUT2D eigenvalue weighted by Crippen LogP contribution is -2.38. The molecule has 2 aliphatic rings. The van der Waals surface area contributed by atoms with Crippen LogP contribution in [0.5, 0.6) is 5.75 Å². The number of nitrogens with zero attached hydrogens (tertiary/aromatic N) is 4. The van der Waals surface area contributed by atoms with E-state index in [-0.39, 0.29) is 33.9 Å². The van der Waals surface area contributed by atoms with Crippen LogP contribution < -0.4 is 10.5 Å². The molecule has 0 unspecified atom stereocenters. The van der Waals surface area contributed by atoms with Crippen molar-refractivity contribution < 1.29 is 37.5 Å². The van der Waals surface area contributed by atoms with Gasteiger partial charge in [0.05, 0.1) is 12.2 Å². The average Bonchev–Trinajstić information content (AvgIpc) is 3.28. The Bertz CT molecular complexity index is 1440. The van der Waals surface area contributed by atoms with E-state index in [4.69, 9.17) is 14.7 Å². The number of carbonyl (C=O) groups excluding carboxylic acids is 1. The number of imidazole rings is 1. The molecule has 4 heterocycles. The average molecular weight is 490 g/mol. The number of phenols is 1. The number of aliphatic hydroxyl groups is 2. The number of hydrogen-bond donors (Lipinski definition) is 5. The first-order chi connectivity index (χ1) is 16.2. The van der Waals surface area contributed by atoms with Crippen LogP contribution in [-0.2, 0) is 19.2 Å². The molecule has 2 bridgehead atoms. The Morgan fingerprint density at radius 2 is 1.97 bits per heavy atom. The van der Waals surface area contributed by atoms with E-state index in [1.165, 1.54) is 41.2 Å². The summed E-state index contributed by atoms with van der Waals surface area (Å²) in [5.74, 6) is -1.41. The number of benzene rings is 1. The fraction of sp³-hybridized carbons (Fsp3) is 0.263. The zero-order chi connectivity index (χ0) is 24.2. The molecule has 0 radical (unpaired) electrons. The lowest BCUT2D eigenvalue weighted by molar-refractivity contribution is -0.0471. The van der Waals surface area contributed by atoms with Gasteiger partial charge in [-0.05, 0) is 17.7 Å². The predicted molar refractivity (Wildman–Crippen MR) is 115 cm³/mol. The highest BCUT2D eigenvalue weighted by molar-refractivity contribution is 7.85. The first kappa shape index (κ1) is 22.2. The number of aromatic hydroxyl groups is 1. The molecule has 15 heteroatoms. The molecule has 2 aliphatic heterocycles. The Morgan fingerprint density at radius 3 is 2.76 bits per heavy atom. The van der Waals surface area contributed by atoms with Crippen LogP contribution >= 0.6 is 0 Å². The quantitative estimate of drug-likeness (QED) is 0.254. The van der Waals surface area contributed by atoms with Gasteiger partial charge in [-0.2, -0.15) is 8.42 Å². The van der Waals surface area contributed by atoms with Gasteiger partial charge in [-0.3, -0.25) is 13.5 Å². The largest absolute Gasteiger partial charge is 0.507 e. The number of aliphatic hydroxyl groups excluding tert-OH is 2. The minimum Gasteiger partial charge on any atom is -0.507 e. The number of nitrogen functional groups attached to an aromatic ring is 1. The Kier molecular flexibility index (Phi) is 5.22. The highest BCUT2D eigenvalue weighted by Crippen LogP contribution is 2.35. The van der Waals surface area contributed by atoms with Gasteiger partial charge < -0.3 is 25.8 Å². The van der Waals surface area contributed by atoms with Crippen LogP contribution in [0.2, 0.25) is 0 Å². The molecule has 0 saturated carbocycles. The van der Waals surface area contributed by atoms with E-state index in [9.17, 15) is 28.5 Å². The fourth-order valence-corrected chi connectivity index (χ4v) is 4.55. The maximum Gasteiger partial charge on any atom is 0.362 e. The third kappa shape index (κ3) is 3.64. The SMILES string of the molecule is Nc1ncnc2c1nc1n2[C@@H]2O[C@H](COS(=O)(=O)NC(=O)c3c(O)cccc3/C=C/1)[C@@H](O)[C@H]2O. The van der Waals surface area contributed by atoms with Crippen LogP contribution in [0, 0.1) is 0 Å². The lowest BCUT2D eigenvalue weighted by Gasteiger charge is -2.19. The van der Waals surface area contributed by atoms with E-state index < -0.39 is 53.1 Å². The predicted octanol–water partition coefficient (Wildman–Crippen LogP) is -1.09. The van der Waals surface area contributed by atoms with E-state index in [1.54, 1.807) is 4.72 Å². The number of amides is 1. The van der Waals surface area contributed by atoms with Gasteiger partial charge in [-0.15, -0.1) is 0 Å². The molecule has 0 aliphatic carbocycles. The van der Waals surface area contributed by atoms with Crippen molar-refractivity contribution in [3.05, 3.63) is 41.5 Å². The summed E-state index contributed by atoms with van der Waals surface area (Å²) in [6.07, 6.45) is -1.59. The molecule has 5 rings (SSSR count). The number of aromatic nitrogens is 4. The molecule has 14 nitrogen and oxygen atoms in total. The number of rotatable bonds is 0. The standard InChI is InChI=1S/C19H18N6O8S/c20-16-13-17(22-7-21-16)25-11(23-13)5-4-8-2-1-3-9(26)12(8)18(29)24-34(30,31)32-6-10-14(27)15(28)19(25)33-10/h1-5,7,10,14-15,19,26-28H,6H2,(H,24,29)(H2,20,21,22)/b5-4+/t10-,14-,15-,19-/m1/s1. The lowest BCUT2D eigenvalue weighted by atomic mass is 10.1. The van der Waals surface area contributed by atoms with Crippen molar-refractivity contribution in [3.63, 3.8) is 0 Å². The molecule has 2 aromatic heterocycles. The summed E-state index contributed by atoms with van der Waals surface area (Å²) in [4.78, 5) is 25.1. The van der Waals surface area contributed by atoms with Gasteiger partial charge >= 0.3 is 10.3 Å². The number of phenolic OH excluding ortho intramolecular Hbond substituents is 1. The Morgan fingerprint density at radius 1 is 1.18 bits per heavy atom. The van der Waals surface area contributed by atoms with Crippen molar-refractivity contribution in [2.24, 2.45) is 0 Å². The van der Waals surface area contributed by atoms with Crippen molar-refractivity contribution in [2.75, 3.05) is 12.3 Å². The second kappa shape index (κ2) is 8.00. The zero-order valence-electron chi connectivity index (χ0n) is 17.1. The highest BCUT2D eigenvalue weighted by Gasteiger charge is 2.46. The van der Waals surface area contributed by atoms with Crippen molar-refractivity contribution in [2.45, 2.75) is 24.5 Å². The number of ether oxygens (including phenoxy) is 1. The number of anilines is 1. The van der Waals surface area contributed by atoms with Crippen molar-refractivity contribution in [1.29, 1.82) is 0 Å². The molecule has 34 heavy (non-hydrogen) atoms. The first-order valence-corrected chi connectivity index (χ1v) is 11.3. The maximum absolute atomic E-state index is 12.7. The van der Waals surface area contributed by atoms with Gasteiger partial charge in [-0.25, -0.2) is 19.7 Å². The van der Waals surface area contributed by atoms with Crippen LogP contribution in [0.25, 0.3) is 23.3 Å². The molecule has 0 spiro atoms. The van der Waals surface area contributed by atoms with Gasteiger partial charge in [0, 0.05) is 0 Å². The van der Waals surface area contributed by atoms with Gasteiger partial charge in [-0.1, -0.05) is 18.2 Å². The summed E-state index contributed by atoms with van der Waals surface area (Å²) >= 11 is 0. The molecule has 4 atom stereocenters. The molecular weight excluding hydrogens is 472 g/mol. The summed E-state index contributed by atoms with van der Waals surface area (Å²) in [6, 6.07) is 4.14. The number of hydrogen-bond acceptors (Lipinski definition) is 12. The smallest absolute Gasteiger partial charge is 0.362 e. The summed E-state index contributed by atoms with van der Waals surface area (Å²) < 4.78 is 38.2. The Labute approximate surface area is 191 Å². The normalized spacial score (nSPS) is 27.4. The van der Waals surface area contributed by atoms with Gasteiger partial charge in [0.25, 0.3) is 5.91 Å². The summed E-state index contributed by atoms with van der Waals surface area (Å²) in [5.41, 5.74) is 6.11. The first-order valence-electron chi connectivity index (χ1n) is 9.88. The van der Waals surface area contributed by atoms with Crippen LogP contribution in [-0.4, -0.2) is 74.1 Å². The molecule has 3 aromatic rings. The summed E-state index contributed by atoms with van der Waals surface area (Å²) in [7, 11) is -4.66. The second-order valence-corrected chi connectivity index (χ2v) is 8.91. The summed E-state index contributed by atoms with van der Waals surface area (Å²) in [5, 5.41) is 31.4. The van der Waals surface area contributed by atoms with Gasteiger partial charge in [0.2, 0.25) is 0 Å².